The van der Waals surface area contributed by atoms with E-state index in [0.717, 1.165) is 0 Å². The highest BCUT2D eigenvalue weighted by atomic mass is 35.5. The van der Waals surface area contributed by atoms with Crippen LogP contribution in [0.1, 0.15) is 24.2 Å². The topological polar surface area (TPSA) is 179 Å². The molecule has 15 heteroatoms. The van der Waals surface area contributed by atoms with E-state index in [9.17, 15) is 24.0 Å². The first-order valence-corrected chi connectivity index (χ1v) is 13.8. The highest BCUT2D eigenvalue weighted by Crippen LogP contribution is 2.32. The number of nitrogens with one attached hydrogen (secondary N) is 3. The Kier molecular flexibility index (Phi) is 12.2. The van der Waals surface area contributed by atoms with Gasteiger partial charge in [-0.2, -0.15) is 0 Å². The molecule has 3 amide bonds. The van der Waals surface area contributed by atoms with Gasteiger partial charge in [0.25, 0.3) is 17.7 Å². The summed E-state index contributed by atoms with van der Waals surface area (Å²) in [7, 11) is 0. The number of Topliss-reactive ketones (excluding diaryl/α,β-unsaturated/α-hetero) is 1. The van der Waals surface area contributed by atoms with E-state index >= 15 is 0 Å². The number of phenols is 1. The van der Waals surface area contributed by atoms with E-state index in [1.807, 2.05) is 0 Å². The van der Waals surface area contributed by atoms with Gasteiger partial charge in [0.15, 0.2) is 25.6 Å². The Balaban J connectivity index is 0.000000173. The molecular weight excluding hydrogens is 621 g/mol. The van der Waals surface area contributed by atoms with Gasteiger partial charge in [-0.25, -0.2) is 0 Å². The standard InChI is InChI=1S/C10H9NO4.C10H9NO3.C8H7NO3.CH2Cl2/c1-6(12)15-7-2-3-9-8(4-7)11-10(13)5-14-9;1-6(12)7-2-3-9-8(4-7)11-10(13)5-14-9;10-5-1-2-7-6(3-5)9-8(11)4-12-7;2-1-3/h2-4H,5H2,1H3,(H,11,13);2-4H,5H2,1H3,(H,11,13);1-3,10H,4H2,(H,9,11);1H2. The van der Waals surface area contributed by atoms with E-state index in [-0.39, 0.29) is 54.4 Å². The molecule has 3 aliphatic rings. The fourth-order valence-electron chi connectivity index (χ4n) is 3.66. The number of carbonyl (C=O) groups is 5. The van der Waals surface area contributed by atoms with Crippen LogP contribution in [0.5, 0.6) is 28.7 Å². The first-order chi connectivity index (χ1) is 21.0. The second-order valence-corrected chi connectivity index (χ2v) is 9.62. The number of benzene rings is 3. The number of alkyl halides is 2. The summed E-state index contributed by atoms with van der Waals surface area (Å²) in [5.41, 5.74) is 2.17. The number of hydrogen-bond donors (Lipinski definition) is 4. The molecule has 0 atom stereocenters. The summed E-state index contributed by atoms with van der Waals surface area (Å²) in [6.07, 6.45) is 0. The summed E-state index contributed by atoms with van der Waals surface area (Å²) in [5, 5.41) is 17.1. The summed E-state index contributed by atoms with van der Waals surface area (Å²) in [6, 6.07) is 14.4. The van der Waals surface area contributed by atoms with Crippen molar-refractivity contribution < 1.29 is 48.0 Å². The maximum atomic E-state index is 11.1. The van der Waals surface area contributed by atoms with E-state index in [2.05, 4.69) is 16.0 Å². The number of carbonyl (C=O) groups excluding carboxylic acids is 5. The number of halogens is 2. The number of ether oxygens (including phenoxy) is 4. The van der Waals surface area contributed by atoms with Crippen molar-refractivity contribution >= 4 is 69.7 Å². The predicted molar refractivity (Wildman–Crippen MR) is 161 cm³/mol. The van der Waals surface area contributed by atoms with Gasteiger partial charge >= 0.3 is 5.97 Å². The molecule has 0 aromatic heterocycles. The number of rotatable bonds is 2. The number of fused-ring (bicyclic) bond motifs is 3. The van der Waals surface area contributed by atoms with Crippen LogP contribution < -0.4 is 34.9 Å². The molecule has 0 radical (unpaired) electrons. The molecule has 0 spiro atoms. The summed E-state index contributed by atoms with van der Waals surface area (Å²) in [6.45, 7) is 2.88. The van der Waals surface area contributed by atoms with Gasteiger partial charge in [-0.3, -0.25) is 24.0 Å². The van der Waals surface area contributed by atoms with Crippen LogP contribution in [-0.4, -0.2) is 59.7 Å². The fourth-order valence-corrected chi connectivity index (χ4v) is 3.66. The van der Waals surface area contributed by atoms with Gasteiger partial charge in [0.1, 0.15) is 28.7 Å². The predicted octanol–water partition coefficient (Wildman–Crippen LogP) is 4.31. The maximum Gasteiger partial charge on any atom is 0.308 e. The van der Waals surface area contributed by atoms with Crippen molar-refractivity contribution in [1.29, 1.82) is 0 Å². The van der Waals surface area contributed by atoms with E-state index in [1.165, 1.54) is 26.0 Å². The lowest BCUT2D eigenvalue weighted by atomic mass is 10.1. The number of aromatic hydroxyl groups is 1. The highest BCUT2D eigenvalue weighted by molar-refractivity contribution is 6.40. The van der Waals surface area contributed by atoms with Crippen LogP contribution in [0.4, 0.5) is 17.1 Å². The molecule has 232 valence electrons. The summed E-state index contributed by atoms with van der Waals surface area (Å²) >= 11 is 9.53. The maximum absolute atomic E-state index is 11.1. The molecular formula is C29H27Cl2N3O10. The third-order valence-electron chi connectivity index (χ3n) is 5.46. The zero-order valence-electron chi connectivity index (χ0n) is 23.4. The van der Waals surface area contributed by atoms with Crippen LogP contribution >= 0.6 is 23.2 Å². The zero-order chi connectivity index (χ0) is 32.2. The Hall–Kier alpha value is -5.01. The van der Waals surface area contributed by atoms with Gasteiger partial charge in [0, 0.05) is 24.6 Å². The molecule has 4 N–H and O–H groups in total. The van der Waals surface area contributed by atoms with Gasteiger partial charge in [-0.1, -0.05) is 0 Å². The van der Waals surface area contributed by atoms with Crippen LogP contribution in [0.3, 0.4) is 0 Å². The van der Waals surface area contributed by atoms with E-state index in [4.69, 9.17) is 47.3 Å². The Labute approximate surface area is 261 Å². The number of ketones is 1. The van der Waals surface area contributed by atoms with E-state index < -0.39 is 5.97 Å². The molecule has 0 saturated heterocycles. The lowest BCUT2D eigenvalue weighted by molar-refractivity contribution is -0.132. The largest absolute Gasteiger partial charge is 0.508 e. The Morgan fingerprint density at radius 3 is 1.64 bits per heavy atom. The molecule has 0 fully saturated rings. The molecule has 44 heavy (non-hydrogen) atoms. The first-order valence-electron chi connectivity index (χ1n) is 12.7. The van der Waals surface area contributed by atoms with E-state index in [1.54, 1.807) is 42.5 Å². The van der Waals surface area contributed by atoms with Crippen molar-refractivity contribution in [3.63, 3.8) is 0 Å². The molecule has 3 aliphatic heterocycles. The van der Waals surface area contributed by atoms with Crippen molar-refractivity contribution in [2.75, 3.05) is 41.1 Å². The minimum Gasteiger partial charge on any atom is -0.508 e. The summed E-state index contributed by atoms with van der Waals surface area (Å²) < 4.78 is 20.2. The van der Waals surface area contributed by atoms with Gasteiger partial charge in [0.2, 0.25) is 0 Å². The highest BCUT2D eigenvalue weighted by Gasteiger charge is 2.18. The quantitative estimate of drug-likeness (QED) is 0.136. The number of phenolic OH excluding ortho intramolecular Hbond substituents is 1. The molecule has 3 heterocycles. The van der Waals surface area contributed by atoms with E-state index in [0.29, 0.717) is 45.6 Å². The van der Waals surface area contributed by atoms with Crippen LogP contribution in [0, 0.1) is 0 Å². The van der Waals surface area contributed by atoms with Gasteiger partial charge < -0.3 is 40.0 Å². The van der Waals surface area contributed by atoms with Crippen LogP contribution in [0.25, 0.3) is 0 Å². The fraction of sp³-hybridized carbons (Fsp3) is 0.207. The molecule has 0 saturated carbocycles. The molecule has 0 aliphatic carbocycles. The Morgan fingerprint density at radius 2 is 1.16 bits per heavy atom. The van der Waals surface area contributed by atoms with Gasteiger partial charge in [-0.05, 0) is 49.4 Å². The molecule has 0 unspecified atom stereocenters. The van der Waals surface area contributed by atoms with Crippen molar-refractivity contribution in [2.45, 2.75) is 13.8 Å². The summed E-state index contributed by atoms with van der Waals surface area (Å²) in [4.78, 5) is 54.6. The second kappa shape index (κ2) is 16.0. The van der Waals surface area contributed by atoms with Crippen LogP contribution in [0.15, 0.2) is 54.6 Å². The first kappa shape index (κ1) is 33.5. The number of amides is 3. The van der Waals surface area contributed by atoms with Crippen molar-refractivity contribution in [3.8, 4) is 28.7 Å². The average Bonchev–Trinajstić information content (AvgIpc) is 2.97. The minimum atomic E-state index is -0.405. The van der Waals surface area contributed by atoms with Gasteiger partial charge in [0.05, 0.1) is 22.4 Å². The SMILES string of the molecule is CC(=O)Oc1ccc2c(c1)NC(=O)CO2.CC(=O)c1ccc2c(c1)NC(=O)CO2.ClCCl.O=C1COc2ccc(O)cc2N1. The monoisotopic (exact) mass is 647 g/mol. The van der Waals surface area contributed by atoms with Crippen molar-refractivity contribution in [1.82, 2.24) is 0 Å². The normalized spacial score (nSPS) is 13.4. The lowest BCUT2D eigenvalue weighted by Crippen LogP contribution is -2.25. The van der Waals surface area contributed by atoms with Gasteiger partial charge in [-0.15, -0.1) is 23.2 Å². The van der Waals surface area contributed by atoms with Crippen LogP contribution in [0.2, 0.25) is 0 Å². The lowest BCUT2D eigenvalue weighted by Gasteiger charge is -2.18. The third-order valence-corrected chi connectivity index (χ3v) is 5.46. The number of esters is 1. The smallest absolute Gasteiger partial charge is 0.308 e. The van der Waals surface area contributed by atoms with Crippen molar-refractivity contribution in [3.05, 3.63) is 60.2 Å². The Bertz CT molecular complexity index is 1560. The molecule has 3 aromatic rings. The zero-order valence-corrected chi connectivity index (χ0v) is 24.9. The third kappa shape index (κ3) is 10.1. The number of anilines is 3. The molecule has 3 aromatic carbocycles. The number of hydrogen-bond acceptors (Lipinski definition) is 10. The minimum absolute atomic E-state index is 0.0138. The average molecular weight is 648 g/mol. The Morgan fingerprint density at radius 1 is 0.727 bits per heavy atom. The van der Waals surface area contributed by atoms with Crippen molar-refractivity contribution in [2.24, 2.45) is 0 Å². The summed E-state index contributed by atoms with van der Waals surface area (Å²) in [5.74, 6) is 1.21. The molecule has 13 nitrogen and oxygen atoms in total. The molecule has 6 rings (SSSR count). The van der Waals surface area contributed by atoms with Crippen LogP contribution in [-0.2, 0) is 19.2 Å². The molecule has 0 bridgehead atoms. The second-order valence-electron chi connectivity index (χ2n) is 8.81.